The standard InChI is InChI=1S/C13H20N2O4S.C8H12N2O2S/c1-6-18-11(16)9-7-20-10(15-9)8(2)14-12(17)19-13(3,4)5;1-3-12-8(11)6-4-13-7(10-6)5(2)9/h7-8H,6H2,1-5H3,(H,14,17);4-5H,3,9H2,1-2H3. The number of hydrogen-bond donors (Lipinski definition) is 2. The van der Waals surface area contributed by atoms with Crippen LogP contribution < -0.4 is 11.1 Å². The number of thiazole rings is 2. The molecule has 2 atom stereocenters. The molecule has 0 aromatic carbocycles. The number of aromatic nitrogens is 2. The van der Waals surface area contributed by atoms with Crippen LogP contribution in [0.3, 0.4) is 0 Å². The van der Waals surface area contributed by atoms with Crippen molar-refractivity contribution < 1.29 is 28.6 Å². The van der Waals surface area contributed by atoms with Crippen molar-refractivity contribution in [3.05, 3.63) is 32.2 Å². The van der Waals surface area contributed by atoms with E-state index in [2.05, 4.69) is 15.3 Å². The van der Waals surface area contributed by atoms with Gasteiger partial charge in [0.05, 0.1) is 25.3 Å². The lowest BCUT2D eigenvalue weighted by Crippen LogP contribution is -2.34. The molecule has 12 heteroatoms. The summed E-state index contributed by atoms with van der Waals surface area (Å²) in [5, 5.41) is 7.32. The number of carbonyl (C=O) groups is 3. The number of nitrogens with one attached hydrogen (secondary N) is 1. The highest BCUT2D eigenvalue weighted by Crippen LogP contribution is 2.19. The van der Waals surface area contributed by atoms with E-state index in [4.69, 9.17) is 19.9 Å². The molecular formula is C21H32N4O6S2. The Morgan fingerprint density at radius 2 is 1.42 bits per heavy atom. The average molecular weight is 501 g/mol. The van der Waals surface area contributed by atoms with E-state index in [9.17, 15) is 14.4 Å². The number of rotatable bonds is 7. The number of nitrogens with zero attached hydrogens (tertiary/aromatic N) is 2. The van der Waals surface area contributed by atoms with Crippen LogP contribution in [-0.2, 0) is 14.2 Å². The van der Waals surface area contributed by atoms with Gasteiger partial charge in [-0.1, -0.05) is 0 Å². The summed E-state index contributed by atoms with van der Waals surface area (Å²) in [6, 6.07) is -0.466. The predicted octanol–water partition coefficient (Wildman–Crippen LogP) is 4.25. The van der Waals surface area contributed by atoms with E-state index >= 15 is 0 Å². The summed E-state index contributed by atoms with van der Waals surface area (Å²) in [5.74, 6) is -0.842. The van der Waals surface area contributed by atoms with Gasteiger partial charge in [0, 0.05) is 10.8 Å². The second-order valence-corrected chi connectivity index (χ2v) is 9.52. The summed E-state index contributed by atoms with van der Waals surface area (Å²) in [6.45, 7) is 13.1. The highest BCUT2D eigenvalue weighted by molar-refractivity contribution is 7.10. The van der Waals surface area contributed by atoms with Crippen LogP contribution in [0.5, 0.6) is 0 Å². The fraction of sp³-hybridized carbons (Fsp3) is 0.571. The van der Waals surface area contributed by atoms with Crippen LogP contribution in [0.1, 0.15) is 91.5 Å². The fourth-order valence-electron chi connectivity index (χ4n) is 2.13. The Morgan fingerprint density at radius 3 is 1.82 bits per heavy atom. The normalized spacial score (nSPS) is 12.6. The molecule has 184 valence electrons. The van der Waals surface area contributed by atoms with Crippen molar-refractivity contribution in [1.82, 2.24) is 15.3 Å². The molecule has 0 bridgehead atoms. The lowest BCUT2D eigenvalue weighted by atomic mass is 10.2. The molecular weight excluding hydrogens is 468 g/mol. The Bertz CT molecular complexity index is 920. The van der Waals surface area contributed by atoms with Crippen molar-refractivity contribution in [2.24, 2.45) is 5.73 Å². The summed E-state index contributed by atoms with van der Waals surface area (Å²) in [7, 11) is 0. The van der Waals surface area contributed by atoms with Crippen LogP contribution in [-0.4, -0.2) is 46.8 Å². The van der Waals surface area contributed by atoms with Gasteiger partial charge in [-0.2, -0.15) is 0 Å². The van der Waals surface area contributed by atoms with E-state index in [-0.39, 0.29) is 23.7 Å². The molecule has 2 aromatic rings. The van der Waals surface area contributed by atoms with Gasteiger partial charge in [0.25, 0.3) is 0 Å². The average Bonchev–Trinajstić information content (AvgIpc) is 3.37. The third-order valence-corrected chi connectivity index (χ3v) is 5.58. The summed E-state index contributed by atoms with van der Waals surface area (Å²) < 4.78 is 14.8. The molecule has 0 spiro atoms. The van der Waals surface area contributed by atoms with E-state index in [0.717, 1.165) is 5.01 Å². The smallest absolute Gasteiger partial charge is 0.408 e. The molecule has 0 saturated carbocycles. The molecule has 10 nitrogen and oxygen atoms in total. The fourth-order valence-corrected chi connectivity index (χ4v) is 3.67. The molecule has 0 fully saturated rings. The maximum absolute atomic E-state index is 11.6. The first-order valence-electron chi connectivity index (χ1n) is 10.4. The summed E-state index contributed by atoms with van der Waals surface area (Å²) in [4.78, 5) is 42.5. The third kappa shape index (κ3) is 10.3. The molecule has 3 N–H and O–H groups in total. The highest BCUT2D eigenvalue weighted by atomic mass is 32.1. The van der Waals surface area contributed by atoms with Crippen molar-refractivity contribution in [1.29, 1.82) is 0 Å². The number of alkyl carbamates (subject to hydrolysis) is 1. The largest absolute Gasteiger partial charge is 0.461 e. The van der Waals surface area contributed by atoms with Gasteiger partial charge < -0.3 is 25.3 Å². The Kier molecular flexibility index (Phi) is 11.4. The Labute approximate surface area is 201 Å². The molecule has 0 radical (unpaired) electrons. The maximum Gasteiger partial charge on any atom is 0.408 e. The first-order chi connectivity index (χ1) is 15.4. The van der Waals surface area contributed by atoms with Crippen LogP contribution >= 0.6 is 22.7 Å². The van der Waals surface area contributed by atoms with Crippen molar-refractivity contribution in [2.45, 2.75) is 66.2 Å². The molecule has 0 saturated heterocycles. The number of hydrogen-bond acceptors (Lipinski definition) is 11. The lowest BCUT2D eigenvalue weighted by Gasteiger charge is -2.21. The SMILES string of the molecule is CCOC(=O)c1csc(C(C)N)n1.CCOC(=O)c1csc(C(C)NC(=O)OC(C)(C)C)n1. The second-order valence-electron chi connectivity index (χ2n) is 7.74. The zero-order chi connectivity index (χ0) is 25.2. The summed E-state index contributed by atoms with van der Waals surface area (Å²) in [6.07, 6.45) is -0.516. The van der Waals surface area contributed by atoms with Crippen LogP contribution in [0.2, 0.25) is 0 Å². The highest BCUT2D eigenvalue weighted by Gasteiger charge is 2.21. The van der Waals surface area contributed by atoms with Crippen LogP contribution in [0, 0.1) is 0 Å². The molecule has 0 aliphatic carbocycles. The first-order valence-corrected chi connectivity index (χ1v) is 12.1. The van der Waals surface area contributed by atoms with Crippen molar-refractivity contribution in [3.8, 4) is 0 Å². The van der Waals surface area contributed by atoms with Crippen molar-refractivity contribution in [2.75, 3.05) is 13.2 Å². The zero-order valence-corrected chi connectivity index (χ0v) is 21.6. The number of nitrogens with two attached hydrogens (primary N) is 1. The molecule has 2 rings (SSSR count). The molecule has 0 aliphatic rings. The number of amides is 1. The second kappa shape index (κ2) is 13.2. The van der Waals surface area contributed by atoms with Gasteiger partial charge >= 0.3 is 18.0 Å². The molecule has 2 unspecified atom stereocenters. The van der Waals surface area contributed by atoms with Gasteiger partial charge in [-0.15, -0.1) is 22.7 Å². The molecule has 33 heavy (non-hydrogen) atoms. The quantitative estimate of drug-likeness (QED) is 0.421. The van der Waals surface area contributed by atoms with Crippen LogP contribution in [0.15, 0.2) is 10.8 Å². The summed E-state index contributed by atoms with van der Waals surface area (Å²) in [5.41, 5.74) is 5.64. The predicted molar refractivity (Wildman–Crippen MR) is 127 cm³/mol. The van der Waals surface area contributed by atoms with E-state index in [1.54, 1.807) is 52.3 Å². The molecule has 2 heterocycles. The Balaban J connectivity index is 0.000000361. The minimum Gasteiger partial charge on any atom is -0.461 e. The monoisotopic (exact) mass is 500 g/mol. The minimum absolute atomic E-state index is 0.131. The topological polar surface area (TPSA) is 143 Å². The van der Waals surface area contributed by atoms with Gasteiger partial charge in [0.2, 0.25) is 0 Å². The lowest BCUT2D eigenvalue weighted by molar-refractivity contribution is 0.0501. The number of esters is 2. The molecule has 1 amide bonds. The Hall–Kier alpha value is -2.57. The van der Waals surface area contributed by atoms with E-state index < -0.39 is 17.7 Å². The van der Waals surface area contributed by atoms with Gasteiger partial charge in [0.1, 0.15) is 15.6 Å². The van der Waals surface area contributed by atoms with Gasteiger partial charge in [-0.05, 0) is 48.5 Å². The van der Waals surface area contributed by atoms with E-state index in [0.29, 0.717) is 23.9 Å². The zero-order valence-electron chi connectivity index (χ0n) is 20.0. The first kappa shape index (κ1) is 28.5. The Morgan fingerprint density at radius 1 is 0.970 bits per heavy atom. The number of ether oxygens (including phenoxy) is 3. The van der Waals surface area contributed by atoms with Crippen molar-refractivity contribution >= 4 is 40.7 Å². The van der Waals surface area contributed by atoms with Gasteiger partial charge in [-0.3, -0.25) is 0 Å². The van der Waals surface area contributed by atoms with Gasteiger partial charge in [-0.25, -0.2) is 24.4 Å². The van der Waals surface area contributed by atoms with Gasteiger partial charge in [0.15, 0.2) is 11.4 Å². The van der Waals surface area contributed by atoms with Crippen molar-refractivity contribution in [3.63, 3.8) is 0 Å². The van der Waals surface area contributed by atoms with E-state index in [1.807, 2.05) is 6.92 Å². The van der Waals surface area contributed by atoms with Crippen LogP contribution in [0.25, 0.3) is 0 Å². The van der Waals surface area contributed by atoms with Crippen LogP contribution in [0.4, 0.5) is 4.79 Å². The summed E-state index contributed by atoms with van der Waals surface area (Å²) >= 11 is 2.66. The third-order valence-electron chi connectivity index (χ3n) is 3.51. The van der Waals surface area contributed by atoms with E-state index in [1.165, 1.54) is 22.7 Å². The molecule has 2 aromatic heterocycles. The minimum atomic E-state index is -0.553. The number of carbonyl (C=O) groups excluding carboxylic acids is 3. The molecule has 0 aliphatic heterocycles. The maximum atomic E-state index is 11.6.